The van der Waals surface area contributed by atoms with E-state index in [9.17, 15) is 9.59 Å². The number of aromatic nitrogens is 1. The molecule has 8 heteroatoms. The average Bonchev–Trinajstić information content (AvgIpc) is 2.77. The molecule has 7 nitrogen and oxygen atoms in total. The van der Waals surface area contributed by atoms with E-state index in [1.54, 1.807) is 0 Å². The van der Waals surface area contributed by atoms with Gasteiger partial charge in [-0.25, -0.2) is 9.78 Å². The summed E-state index contributed by atoms with van der Waals surface area (Å²) in [6.45, 7) is 2.35. The molecule has 1 rings (SSSR count). The molecule has 1 amide bonds. The van der Waals surface area contributed by atoms with Crippen molar-refractivity contribution >= 4 is 34.6 Å². The Morgan fingerprint density at radius 3 is 3.11 bits per heavy atom. The van der Waals surface area contributed by atoms with Crippen LogP contribution in [0.1, 0.15) is 25.5 Å². The number of rotatable bonds is 8. The number of carboxylic acid groups (broad SMARTS) is 1. The van der Waals surface area contributed by atoms with Crippen molar-refractivity contribution < 1.29 is 19.5 Å². The number of carboxylic acids is 1. The van der Waals surface area contributed by atoms with Crippen LogP contribution in [0.5, 0.6) is 0 Å². The molecule has 98 valence electrons. The Morgan fingerprint density at radius 1 is 1.72 bits per heavy atom. The lowest BCUT2D eigenvalue weighted by molar-refractivity contribution is -0.129. The number of amides is 1. The predicted molar refractivity (Wildman–Crippen MR) is 66.8 cm³/mol. The number of aliphatic carboxylic acids is 1. The summed E-state index contributed by atoms with van der Waals surface area (Å²) >= 11 is 1.11. The van der Waals surface area contributed by atoms with Gasteiger partial charge in [0.2, 0.25) is 12.1 Å². The second-order valence-corrected chi connectivity index (χ2v) is 4.09. The fourth-order valence-electron chi connectivity index (χ4n) is 1.01. The summed E-state index contributed by atoms with van der Waals surface area (Å²) in [6, 6.07) is 0. The van der Waals surface area contributed by atoms with E-state index >= 15 is 0 Å². The highest BCUT2D eigenvalue weighted by atomic mass is 32.1. The van der Waals surface area contributed by atoms with Gasteiger partial charge in [-0.15, -0.1) is 11.3 Å². The molecule has 0 radical (unpaired) electrons. The summed E-state index contributed by atoms with van der Waals surface area (Å²) in [7, 11) is 0. The first kappa shape index (κ1) is 14.1. The first-order valence-electron chi connectivity index (χ1n) is 5.28. The lowest BCUT2D eigenvalue weighted by Gasteiger charge is -1.99. The van der Waals surface area contributed by atoms with Crippen LogP contribution in [0.15, 0.2) is 10.5 Å². The SMILES string of the molecule is CCCCO/N=C(\C(=O)O)c1csc(NC=O)n1. The molecule has 0 bridgehead atoms. The number of hydrogen-bond acceptors (Lipinski definition) is 6. The highest BCUT2D eigenvalue weighted by molar-refractivity contribution is 7.14. The molecule has 0 saturated heterocycles. The molecule has 1 heterocycles. The van der Waals surface area contributed by atoms with Crippen molar-refractivity contribution in [3.05, 3.63) is 11.1 Å². The van der Waals surface area contributed by atoms with Crippen LogP contribution in [0.3, 0.4) is 0 Å². The molecule has 0 aromatic carbocycles. The van der Waals surface area contributed by atoms with E-state index < -0.39 is 5.97 Å². The number of anilines is 1. The van der Waals surface area contributed by atoms with Gasteiger partial charge in [0.15, 0.2) is 5.13 Å². The first-order valence-corrected chi connectivity index (χ1v) is 6.16. The van der Waals surface area contributed by atoms with Crippen LogP contribution in [-0.2, 0) is 14.4 Å². The predicted octanol–water partition coefficient (Wildman–Crippen LogP) is 1.32. The number of thiazole rings is 1. The summed E-state index contributed by atoms with van der Waals surface area (Å²) in [4.78, 5) is 30.0. The smallest absolute Gasteiger partial charge is 0.360 e. The van der Waals surface area contributed by atoms with E-state index in [1.165, 1.54) is 5.38 Å². The van der Waals surface area contributed by atoms with Crippen molar-refractivity contribution in [3.63, 3.8) is 0 Å². The lowest BCUT2D eigenvalue weighted by atomic mass is 10.3. The van der Waals surface area contributed by atoms with E-state index in [0.717, 1.165) is 24.2 Å². The summed E-state index contributed by atoms with van der Waals surface area (Å²) in [5.41, 5.74) is -0.116. The maximum absolute atomic E-state index is 11.0. The maximum Gasteiger partial charge on any atom is 0.360 e. The second kappa shape index (κ2) is 7.38. The zero-order valence-corrected chi connectivity index (χ0v) is 10.6. The van der Waals surface area contributed by atoms with E-state index in [4.69, 9.17) is 9.94 Å². The molecule has 18 heavy (non-hydrogen) atoms. The molecule has 2 N–H and O–H groups in total. The van der Waals surface area contributed by atoms with E-state index in [2.05, 4.69) is 15.5 Å². The monoisotopic (exact) mass is 271 g/mol. The molecule has 0 aliphatic rings. The Morgan fingerprint density at radius 2 is 2.50 bits per heavy atom. The Bertz CT molecular complexity index is 444. The fraction of sp³-hybridized carbons (Fsp3) is 0.400. The van der Waals surface area contributed by atoms with Crippen molar-refractivity contribution in [1.82, 2.24) is 4.98 Å². The molecular formula is C10H13N3O4S. The molecule has 0 fully saturated rings. The molecular weight excluding hydrogens is 258 g/mol. The number of hydrogen-bond donors (Lipinski definition) is 2. The third-order valence-corrected chi connectivity index (χ3v) is 2.65. The minimum atomic E-state index is -1.23. The van der Waals surface area contributed by atoms with Gasteiger partial charge in [-0.05, 0) is 6.42 Å². The molecule has 0 saturated carbocycles. The van der Waals surface area contributed by atoms with Gasteiger partial charge in [0, 0.05) is 5.38 Å². The van der Waals surface area contributed by atoms with Crippen LogP contribution in [0.2, 0.25) is 0 Å². The van der Waals surface area contributed by atoms with Crippen molar-refractivity contribution in [2.24, 2.45) is 5.16 Å². The third-order valence-electron chi connectivity index (χ3n) is 1.88. The fourth-order valence-corrected chi connectivity index (χ4v) is 1.67. The number of nitrogens with zero attached hydrogens (tertiary/aromatic N) is 2. The normalized spacial score (nSPS) is 11.1. The largest absolute Gasteiger partial charge is 0.476 e. The van der Waals surface area contributed by atoms with Crippen molar-refractivity contribution in [3.8, 4) is 0 Å². The summed E-state index contributed by atoms with van der Waals surface area (Å²) < 4.78 is 0. The number of carbonyl (C=O) groups excluding carboxylic acids is 1. The van der Waals surface area contributed by atoms with E-state index in [1.807, 2.05) is 6.92 Å². The van der Waals surface area contributed by atoms with Crippen LogP contribution in [-0.4, -0.2) is 34.8 Å². The number of nitrogens with one attached hydrogen (secondary N) is 1. The summed E-state index contributed by atoms with van der Waals surface area (Å²) in [5, 5.41) is 16.7. The van der Waals surface area contributed by atoms with E-state index in [-0.39, 0.29) is 11.4 Å². The standard InChI is InChI=1S/C10H13N3O4S/c1-2-3-4-17-13-8(9(15)16)7-5-18-10(12-7)11-6-14/h5-6H,2-4H2,1H3,(H,15,16)(H,11,12,14)/b13-8-. The molecule has 1 aromatic rings. The molecule has 1 aromatic heterocycles. The summed E-state index contributed by atoms with van der Waals surface area (Å²) in [6.07, 6.45) is 2.20. The average molecular weight is 271 g/mol. The van der Waals surface area contributed by atoms with Crippen LogP contribution >= 0.6 is 11.3 Å². The lowest BCUT2D eigenvalue weighted by Crippen LogP contribution is -2.15. The van der Waals surface area contributed by atoms with Crippen molar-refractivity contribution in [2.75, 3.05) is 11.9 Å². The third kappa shape index (κ3) is 4.13. The van der Waals surface area contributed by atoms with Gasteiger partial charge in [0.05, 0.1) is 0 Å². The Labute approximate surface area is 107 Å². The first-order chi connectivity index (χ1) is 8.69. The van der Waals surface area contributed by atoms with Crippen LogP contribution < -0.4 is 5.32 Å². The quantitative estimate of drug-likeness (QED) is 0.321. The highest BCUT2D eigenvalue weighted by Gasteiger charge is 2.17. The molecule has 0 aliphatic heterocycles. The van der Waals surface area contributed by atoms with Gasteiger partial charge in [-0.3, -0.25) is 4.79 Å². The van der Waals surface area contributed by atoms with Crippen LogP contribution in [0.25, 0.3) is 0 Å². The molecule has 0 atom stereocenters. The van der Waals surface area contributed by atoms with Gasteiger partial charge in [0.25, 0.3) is 0 Å². The van der Waals surface area contributed by atoms with Gasteiger partial charge in [-0.1, -0.05) is 18.5 Å². The second-order valence-electron chi connectivity index (χ2n) is 3.23. The number of oxime groups is 1. The minimum absolute atomic E-state index is 0.161. The van der Waals surface area contributed by atoms with Crippen molar-refractivity contribution in [2.45, 2.75) is 19.8 Å². The van der Waals surface area contributed by atoms with E-state index in [0.29, 0.717) is 18.1 Å². The van der Waals surface area contributed by atoms with Gasteiger partial charge < -0.3 is 15.3 Å². The highest BCUT2D eigenvalue weighted by Crippen LogP contribution is 2.15. The molecule has 0 unspecified atom stereocenters. The zero-order valence-electron chi connectivity index (χ0n) is 9.75. The maximum atomic E-state index is 11.0. The Hall–Kier alpha value is -1.96. The number of carbonyl (C=O) groups is 2. The Balaban J connectivity index is 2.76. The van der Waals surface area contributed by atoms with Gasteiger partial charge >= 0.3 is 5.97 Å². The van der Waals surface area contributed by atoms with Crippen LogP contribution in [0.4, 0.5) is 5.13 Å². The zero-order chi connectivity index (χ0) is 13.4. The topological polar surface area (TPSA) is 101 Å². The van der Waals surface area contributed by atoms with Crippen LogP contribution in [0, 0.1) is 0 Å². The minimum Gasteiger partial charge on any atom is -0.476 e. The Kier molecular flexibility index (Phi) is 5.78. The molecule has 0 aliphatic carbocycles. The number of unbranched alkanes of at least 4 members (excludes halogenated alkanes) is 1. The van der Waals surface area contributed by atoms with Crippen molar-refractivity contribution in [1.29, 1.82) is 0 Å². The molecule has 0 spiro atoms. The van der Waals surface area contributed by atoms with Gasteiger partial charge in [0.1, 0.15) is 12.3 Å². The van der Waals surface area contributed by atoms with Gasteiger partial charge in [-0.2, -0.15) is 0 Å². The summed E-state index contributed by atoms with van der Waals surface area (Å²) in [5.74, 6) is -1.23.